The van der Waals surface area contributed by atoms with Gasteiger partial charge in [-0.1, -0.05) is 41.4 Å². The highest BCUT2D eigenvalue weighted by molar-refractivity contribution is 6.35. The first kappa shape index (κ1) is 17.0. The molecule has 1 aromatic heterocycles. The molecule has 1 heterocycles. The van der Waals surface area contributed by atoms with Gasteiger partial charge in [0.2, 0.25) is 5.91 Å². The molecular formula is C21H15Cl2N2O. The molecule has 0 spiro atoms. The van der Waals surface area contributed by atoms with Gasteiger partial charge in [0.25, 0.3) is 0 Å². The maximum Gasteiger partial charge on any atom is 0.249 e. The molecule has 4 aromatic rings. The summed E-state index contributed by atoms with van der Waals surface area (Å²) in [6, 6.07) is 18.3. The van der Waals surface area contributed by atoms with E-state index in [2.05, 4.69) is 16.7 Å². The first-order chi connectivity index (χ1) is 12.5. The first-order valence-electron chi connectivity index (χ1n) is 8.12. The monoisotopic (exact) mass is 381 g/mol. The Labute approximate surface area is 160 Å². The summed E-state index contributed by atoms with van der Waals surface area (Å²) in [6.07, 6.45) is 0. The van der Waals surface area contributed by atoms with E-state index in [1.165, 1.54) is 0 Å². The highest BCUT2D eigenvalue weighted by Crippen LogP contribution is 2.33. The van der Waals surface area contributed by atoms with Gasteiger partial charge in [-0.3, -0.25) is 4.79 Å². The van der Waals surface area contributed by atoms with Gasteiger partial charge in [0.05, 0.1) is 11.0 Å². The molecule has 1 radical (unpaired) electrons. The van der Waals surface area contributed by atoms with Gasteiger partial charge < -0.3 is 10.3 Å². The Balaban J connectivity index is 2.05. The standard InChI is InChI=1S/C21H15Cl2N2O/c1-12-5-8-15-19(9-12)25(11-13-6-7-14(22)10-17(13)23)18-4-2-3-16(20(15)18)21(24)26/h2-7,9-10H,11H2,1H3,(H2,24,26). The molecule has 1 amide bonds. The average Bonchev–Trinajstić information content (AvgIpc) is 2.90. The van der Waals surface area contributed by atoms with Crippen molar-refractivity contribution in [1.29, 1.82) is 0 Å². The number of nitrogens with two attached hydrogens (primary N) is 1. The van der Waals surface area contributed by atoms with Crippen molar-refractivity contribution in [3.63, 3.8) is 0 Å². The summed E-state index contributed by atoms with van der Waals surface area (Å²) in [5.41, 5.74) is 10.0. The number of amides is 1. The topological polar surface area (TPSA) is 48.0 Å². The second kappa shape index (κ2) is 6.35. The van der Waals surface area contributed by atoms with Crippen molar-refractivity contribution in [1.82, 2.24) is 4.57 Å². The zero-order chi connectivity index (χ0) is 18.4. The Hall–Kier alpha value is -2.49. The van der Waals surface area contributed by atoms with Gasteiger partial charge in [-0.25, -0.2) is 0 Å². The number of benzene rings is 3. The number of primary amides is 1. The van der Waals surface area contributed by atoms with Crippen LogP contribution in [0.15, 0.2) is 48.5 Å². The van der Waals surface area contributed by atoms with Gasteiger partial charge in [-0.2, -0.15) is 0 Å². The van der Waals surface area contributed by atoms with Crippen LogP contribution in [0.5, 0.6) is 0 Å². The fourth-order valence-corrected chi connectivity index (χ4v) is 3.82. The number of rotatable bonds is 3. The summed E-state index contributed by atoms with van der Waals surface area (Å²) in [5.74, 6) is -0.451. The third-order valence-corrected chi connectivity index (χ3v) is 5.13. The molecule has 2 N–H and O–H groups in total. The molecule has 129 valence electrons. The van der Waals surface area contributed by atoms with E-state index in [4.69, 9.17) is 28.9 Å². The van der Waals surface area contributed by atoms with E-state index in [-0.39, 0.29) is 0 Å². The highest BCUT2D eigenvalue weighted by atomic mass is 35.5. The number of carbonyl (C=O) groups is 1. The van der Waals surface area contributed by atoms with Crippen LogP contribution >= 0.6 is 23.2 Å². The molecular weight excluding hydrogens is 367 g/mol. The summed E-state index contributed by atoms with van der Waals surface area (Å²) < 4.78 is 2.13. The lowest BCUT2D eigenvalue weighted by Gasteiger charge is -2.10. The largest absolute Gasteiger partial charge is 0.366 e. The predicted octanol–water partition coefficient (Wildman–Crippen LogP) is 5.36. The molecule has 0 aliphatic heterocycles. The zero-order valence-corrected chi connectivity index (χ0v) is 15.5. The number of carbonyl (C=O) groups excluding carboxylic acids is 1. The first-order valence-corrected chi connectivity index (χ1v) is 8.88. The summed E-state index contributed by atoms with van der Waals surface area (Å²) in [4.78, 5) is 11.9. The minimum Gasteiger partial charge on any atom is -0.366 e. The van der Waals surface area contributed by atoms with Crippen LogP contribution in [0.4, 0.5) is 0 Å². The van der Waals surface area contributed by atoms with Crippen LogP contribution in [0.3, 0.4) is 0 Å². The van der Waals surface area contributed by atoms with Gasteiger partial charge in [-0.15, -0.1) is 0 Å². The number of fused-ring (bicyclic) bond motifs is 3. The normalized spacial score (nSPS) is 11.3. The van der Waals surface area contributed by atoms with Crippen molar-refractivity contribution in [2.45, 2.75) is 13.5 Å². The van der Waals surface area contributed by atoms with Crippen LogP contribution in [-0.4, -0.2) is 10.5 Å². The Bertz CT molecular complexity index is 1180. The molecule has 0 atom stereocenters. The predicted molar refractivity (Wildman–Crippen MR) is 107 cm³/mol. The SMILES string of the molecule is Cc1c[c]c2c3c(C(N)=O)cccc3n(Cc3ccc(Cl)cc3Cl)c2c1. The van der Waals surface area contributed by atoms with Crippen molar-refractivity contribution >= 4 is 50.9 Å². The quantitative estimate of drug-likeness (QED) is 0.510. The molecule has 0 saturated carbocycles. The molecule has 3 nitrogen and oxygen atoms in total. The molecule has 0 fully saturated rings. The average molecular weight is 382 g/mol. The Kier molecular flexibility index (Phi) is 4.14. The number of nitrogens with zero attached hydrogens (tertiary/aromatic N) is 1. The Morgan fingerprint density at radius 1 is 1.15 bits per heavy atom. The van der Waals surface area contributed by atoms with Crippen molar-refractivity contribution < 1.29 is 4.79 Å². The molecule has 26 heavy (non-hydrogen) atoms. The van der Waals surface area contributed by atoms with Crippen LogP contribution in [0.2, 0.25) is 10.0 Å². The van der Waals surface area contributed by atoms with E-state index in [1.807, 2.05) is 37.3 Å². The Morgan fingerprint density at radius 2 is 1.96 bits per heavy atom. The van der Waals surface area contributed by atoms with Crippen LogP contribution in [0.1, 0.15) is 21.5 Å². The molecule has 0 bridgehead atoms. The van der Waals surface area contributed by atoms with E-state index in [1.54, 1.807) is 12.1 Å². The number of aryl methyl sites for hydroxylation is 1. The molecule has 0 saturated heterocycles. The second-order valence-electron chi connectivity index (χ2n) is 6.32. The van der Waals surface area contributed by atoms with Crippen LogP contribution < -0.4 is 5.73 Å². The molecule has 0 unspecified atom stereocenters. The van der Waals surface area contributed by atoms with Crippen molar-refractivity contribution in [3.05, 3.63) is 81.3 Å². The van der Waals surface area contributed by atoms with Gasteiger partial charge in [0, 0.05) is 32.9 Å². The minimum atomic E-state index is -0.451. The lowest BCUT2D eigenvalue weighted by molar-refractivity contribution is 0.100. The number of hydrogen-bond acceptors (Lipinski definition) is 1. The van der Waals surface area contributed by atoms with Gasteiger partial charge in [-0.05, 0) is 54.4 Å². The van der Waals surface area contributed by atoms with Crippen LogP contribution in [0.25, 0.3) is 21.8 Å². The molecule has 3 aromatic carbocycles. The third kappa shape index (κ3) is 2.74. The fraction of sp³-hybridized carbons (Fsp3) is 0.0952. The maximum absolute atomic E-state index is 11.9. The maximum atomic E-state index is 11.9. The van der Waals surface area contributed by atoms with E-state index in [9.17, 15) is 4.79 Å². The molecule has 4 rings (SSSR count). The van der Waals surface area contributed by atoms with Gasteiger partial charge >= 0.3 is 0 Å². The number of hydrogen-bond donors (Lipinski definition) is 1. The molecule has 0 aliphatic carbocycles. The van der Waals surface area contributed by atoms with Crippen molar-refractivity contribution in [2.75, 3.05) is 0 Å². The smallest absolute Gasteiger partial charge is 0.249 e. The number of halogens is 2. The second-order valence-corrected chi connectivity index (χ2v) is 7.17. The van der Waals surface area contributed by atoms with E-state index < -0.39 is 5.91 Å². The lowest BCUT2D eigenvalue weighted by atomic mass is 10.1. The zero-order valence-electron chi connectivity index (χ0n) is 14.0. The third-order valence-electron chi connectivity index (χ3n) is 4.55. The van der Waals surface area contributed by atoms with Crippen LogP contribution in [-0.2, 0) is 6.54 Å². The Morgan fingerprint density at radius 3 is 2.69 bits per heavy atom. The summed E-state index contributed by atoms with van der Waals surface area (Å²) in [6.45, 7) is 2.57. The minimum absolute atomic E-state index is 0.451. The van der Waals surface area contributed by atoms with E-state index in [0.29, 0.717) is 22.2 Å². The van der Waals surface area contributed by atoms with Crippen LogP contribution in [0, 0.1) is 13.0 Å². The summed E-state index contributed by atoms with van der Waals surface area (Å²) >= 11 is 12.4. The van der Waals surface area contributed by atoms with Gasteiger partial charge in [0.1, 0.15) is 0 Å². The van der Waals surface area contributed by atoms with E-state index in [0.717, 1.165) is 32.9 Å². The number of aromatic nitrogens is 1. The van der Waals surface area contributed by atoms with Gasteiger partial charge in [0.15, 0.2) is 0 Å². The summed E-state index contributed by atoms with van der Waals surface area (Å²) in [7, 11) is 0. The van der Waals surface area contributed by atoms with Crippen molar-refractivity contribution in [2.24, 2.45) is 5.73 Å². The van der Waals surface area contributed by atoms with Crippen molar-refractivity contribution in [3.8, 4) is 0 Å². The fourth-order valence-electron chi connectivity index (χ4n) is 3.36. The molecule has 0 aliphatic rings. The lowest BCUT2D eigenvalue weighted by Crippen LogP contribution is -2.11. The highest BCUT2D eigenvalue weighted by Gasteiger charge is 2.17. The van der Waals surface area contributed by atoms with E-state index >= 15 is 0 Å². The summed E-state index contributed by atoms with van der Waals surface area (Å²) in [5, 5.41) is 2.90. The molecule has 5 heteroatoms.